The van der Waals surface area contributed by atoms with E-state index in [9.17, 15) is 4.79 Å². The Morgan fingerprint density at radius 2 is 1.64 bits per heavy atom. The van der Waals surface area contributed by atoms with Gasteiger partial charge in [-0.05, 0) is 35.3 Å². The second-order valence-electron chi connectivity index (χ2n) is 9.04. The van der Waals surface area contributed by atoms with E-state index in [0.717, 1.165) is 18.4 Å². The molecule has 2 fully saturated rings. The van der Waals surface area contributed by atoms with Gasteiger partial charge in [-0.2, -0.15) is 0 Å². The molecule has 2 aromatic rings. The number of carbonyl (C=O) groups excluding carboxylic acids is 1. The van der Waals surface area contributed by atoms with E-state index in [4.69, 9.17) is 9.47 Å². The van der Waals surface area contributed by atoms with Crippen LogP contribution in [-0.2, 0) is 25.3 Å². The summed E-state index contributed by atoms with van der Waals surface area (Å²) in [6.45, 7) is 7.23. The Labute approximate surface area is 168 Å². The average Bonchev–Trinajstić information content (AvgIpc) is 3.51. The third-order valence-corrected chi connectivity index (χ3v) is 6.76. The van der Waals surface area contributed by atoms with Crippen molar-refractivity contribution < 1.29 is 14.3 Å². The van der Waals surface area contributed by atoms with Gasteiger partial charge in [-0.15, -0.1) is 0 Å². The van der Waals surface area contributed by atoms with Crippen molar-refractivity contribution in [1.29, 1.82) is 0 Å². The molecule has 4 rings (SSSR count). The summed E-state index contributed by atoms with van der Waals surface area (Å²) in [6, 6.07) is 20.3. The topological polar surface area (TPSA) is 38.8 Å². The molecule has 2 aromatic carbocycles. The average molecular weight is 379 g/mol. The molecule has 3 heteroatoms. The highest BCUT2D eigenvalue weighted by atomic mass is 16.6. The molecule has 0 N–H and O–H groups in total. The molecule has 0 amide bonds. The van der Waals surface area contributed by atoms with Gasteiger partial charge in [0.05, 0.1) is 6.61 Å². The zero-order valence-electron chi connectivity index (χ0n) is 17.1. The van der Waals surface area contributed by atoms with E-state index in [2.05, 4.69) is 45.0 Å². The Balaban J connectivity index is 1.57. The van der Waals surface area contributed by atoms with Crippen LogP contribution in [0.25, 0.3) is 0 Å². The summed E-state index contributed by atoms with van der Waals surface area (Å²) in [7, 11) is 0. The molecule has 4 atom stereocenters. The van der Waals surface area contributed by atoms with Gasteiger partial charge in [0, 0.05) is 5.92 Å². The lowest BCUT2D eigenvalue weighted by Gasteiger charge is -2.44. The lowest BCUT2D eigenvalue weighted by atomic mass is 9.64. The van der Waals surface area contributed by atoms with Crippen LogP contribution in [0.15, 0.2) is 60.7 Å². The molecular formula is C25H30O3. The van der Waals surface area contributed by atoms with E-state index < -0.39 is 5.60 Å². The molecule has 28 heavy (non-hydrogen) atoms. The number of esters is 1. The number of hydrogen-bond acceptors (Lipinski definition) is 3. The van der Waals surface area contributed by atoms with Gasteiger partial charge in [-0.3, -0.25) is 0 Å². The molecule has 1 aliphatic carbocycles. The summed E-state index contributed by atoms with van der Waals surface area (Å²) in [6.07, 6.45) is 3.07. The third-order valence-electron chi connectivity index (χ3n) is 6.76. The zero-order chi connectivity index (χ0) is 19.8. The van der Waals surface area contributed by atoms with E-state index in [1.54, 1.807) is 0 Å². The number of hydrogen-bond donors (Lipinski definition) is 0. The van der Waals surface area contributed by atoms with Crippen LogP contribution < -0.4 is 0 Å². The van der Waals surface area contributed by atoms with Gasteiger partial charge in [0.1, 0.15) is 6.10 Å². The molecule has 148 valence electrons. The summed E-state index contributed by atoms with van der Waals surface area (Å²) in [5.74, 6) is 0.627. The standard InChI is InChI=1S/C25H30O3/c1-18-14-15-21(24(2,3)19-10-6-4-7-11-19)22(16-18)28-23(26)25(17-27-25)20-12-8-5-9-13-20/h4-13,18,21-22H,14-17H2,1-3H3/t18-,21-,22-,25?/m1/s1. The molecule has 1 heterocycles. The first-order valence-electron chi connectivity index (χ1n) is 10.4. The van der Waals surface area contributed by atoms with E-state index in [-0.39, 0.29) is 17.5 Å². The molecule has 0 bridgehead atoms. The van der Waals surface area contributed by atoms with Crippen LogP contribution in [0.1, 0.15) is 51.2 Å². The molecule has 1 aliphatic heterocycles. The van der Waals surface area contributed by atoms with Crippen LogP contribution in [-0.4, -0.2) is 18.7 Å². The minimum atomic E-state index is -0.899. The van der Waals surface area contributed by atoms with Crippen molar-refractivity contribution in [2.75, 3.05) is 6.61 Å². The van der Waals surface area contributed by atoms with Crippen molar-refractivity contribution in [1.82, 2.24) is 0 Å². The number of benzene rings is 2. The van der Waals surface area contributed by atoms with Crippen LogP contribution in [0.3, 0.4) is 0 Å². The van der Waals surface area contributed by atoms with Crippen LogP contribution in [0.2, 0.25) is 0 Å². The molecule has 0 aromatic heterocycles. The molecule has 2 aliphatic rings. The highest BCUT2D eigenvalue weighted by Gasteiger charge is 2.57. The second kappa shape index (κ2) is 7.36. The number of carbonyl (C=O) groups is 1. The molecule has 0 spiro atoms. The fourth-order valence-electron chi connectivity index (χ4n) is 4.78. The van der Waals surface area contributed by atoms with E-state index in [1.807, 2.05) is 36.4 Å². The first-order valence-corrected chi connectivity index (χ1v) is 10.4. The van der Waals surface area contributed by atoms with Crippen LogP contribution in [0.4, 0.5) is 0 Å². The van der Waals surface area contributed by atoms with E-state index >= 15 is 0 Å². The summed E-state index contributed by atoms with van der Waals surface area (Å²) in [5, 5.41) is 0. The van der Waals surface area contributed by atoms with Crippen LogP contribution >= 0.6 is 0 Å². The van der Waals surface area contributed by atoms with Crippen LogP contribution in [0.5, 0.6) is 0 Å². The third kappa shape index (κ3) is 3.48. The maximum Gasteiger partial charge on any atom is 0.345 e. The second-order valence-corrected chi connectivity index (χ2v) is 9.04. The first kappa shape index (κ1) is 19.2. The Morgan fingerprint density at radius 1 is 1.04 bits per heavy atom. The van der Waals surface area contributed by atoms with Gasteiger partial charge in [-0.1, -0.05) is 87.9 Å². The minimum Gasteiger partial charge on any atom is -0.460 e. The molecule has 3 nitrogen and oxygen atoms in total. The molecule has 1 saturated carbocycles. The summed E-state index contributed by atoms with van der Waals surface area (Å²) < 4.78 is 11.8. The van der Waals surface area contributed by atoms with Crippen molar-refractivity contribution in [2.45, 2.75) is 57.2 Å². The van der Waals surface area contributed by atoms with Crippen molar-refractivity contribution in [3.63, 3.8) is 0 Å². The Kier molecular flexibility index (Phi) is 5.05. The Morgan fingerprint density at radius 3 is 2.25 bits per heavy atom. The summed E-state index contributed by atoms with van der Waals surface area (Å²) >= 11 is 0. The van der Waals surface area contributed by atoms with Gasteiger partial charge in [0.2, 0.25) is 5.60 Å². The first-order chi connectivity index (χ1) is 13.4. The molecule has 0 radical (unpaired) electrons. The predicted octanol–water partition coefficient (Wildman–Crippen LogP) is 5.24. The Bertz CT molecular complexity index is 808. The minimum absolute atomic E-state index is 0.0589. The zero-order valence-corrected chi connectivity index (χ0v) is 17.1. The quantitative estimate of drug-likeness (QED) is 0.528. The maximum atomic E-state index is 13.2. The summed E-state index contributed by atoms with van der Waals surface area (Å²) in [4.78, 5) is 13.2. The lowest BCUT2D eigenvalue weighted by Crippen LogP contribution is -2.45. The van der Waals surface area contributed by atoms with Gasteiger partial charge in [0.15, 0.2) is 0 Å². The van der Waals surface area contributed by atoms with Gasteiger partial charge in [0.25, 0.3) is 0 Å². The highest BCUT2D eigenvalue weighted by Crippen LogP contribution is 2.46. The Hall–Kier alpha value is -2.13. The SMILES string of the molecule is C[C@@H]1CC[C@@H](C(C)(C)c2ccccc2)[C@H](OC(=O)C2(c3ccccc3)CO2)C1. The largest absolute Gasteiger partial charge is 0.460 e. The normalized spacial score (nSPS) is 29.9. The lowest BCUT2D eigenvalue weighted by molar-refractivity contribution is -0.163. The summed E-state index contributed by atoms with van der Waals surface area (Å²) in [5.41, 5.74) is 1.24. The molecule has 1 saturated heterocycles. The van der Waals surface area contributed by atoms with Gasteiger partial charge >= 0.3 is 5.97 Å². The number of ether oxygens (including phenoxy) is 2. The van der Waals surface area contributed by atoms with Crippen molar-refractivity contribution in [3.05, 3.63) is 71.8 Å². The monoisotopic (exact) mass is 378 g/mol. The number of rotatable bonds is 5. The van der Waals surface area contributed by atoms with Gasteiger partial charge in [-0.25, -0.2) is 4.79 Å². The molecular weight excluding hydrogens is 348 g/mol. The van der Waals surface area contributed by atoms with Crippen molar-refractivity contribution in [2.24, 2.45) is 11.8 Å². The van der Waals surface area contributed by atoms with Crippen molar-refractivity contribution in [3.8, 4) is 0 Å². The fraction of sp³-hybridized carbons (Fsp3) is 0.480. The number of epoxide rings is 1. The highest BCUT2D eigenvalue weighted by molar-refractivity contribution is 5.84. The smallest absolute Gasteiger partial charge is 0.345 e. The fourth-order valence-corrected chi connectivity index (χ4v) is 4.78. The van der Waals surface area contributed by atoms with E-state index in [0.29, 0.717) is 18.4 Å². The molecule has 1 unspecified atom stereocenters. The predicted molar refractivity (Wildman–Crippen MR) is 110 cm³/mol. The van der Waals surface area contributed by atoms with Gasteiger partial charge < -0.3 is 9.47 Å². The van der Waals surface area contributed by atoms with E-state index in [1.165, 1.54) is 12.0 Å². The van der Waals surface area contributed by atoms with Crippen molar-refractivity contribution >= 4 is 5.97 Å². The van der Waals surface area contributed by atoms with Crippen LogP contribution in [0, 0.1) is 11.8 Å². The maximum absolute atomic E-state index is 13.2.